The summed E-state index contributed by atoms with van der Waals surface area (Å²) in [4.78, 5) is 49.3. The summed E-state index contributed by atoms with van der Waals surface area (Å²) < 4.78 is 19.9. The number of ether oxygens (including phenoxy) is 4. The molecule has 0 saturated heterocycles. The average molecular weight is 371 g/mol. The number of carbonyl (C=O) groups is 4. The van der Waals surface area contributed by atoms with Gasteiger partial charge < -0.3 is 18.9 Å². The lowest BCUT2D eigenvalue weighted by Crippen LogP contribution is -2.59. The number of amides is 2. The Morgan fingerprint density at radius 1 is 1.04 bits per heavy atom. The summed E-state index contributed by atoms with van der Waals surface area (Å²) in [5.41, 5.74) is -3.69. The molecule has 9 heteroatoms. The first-order valence-electron chi connectivity index (χ1n) is 7.92. The Bertz CT molecular complexity index is 626. The molecule has 0 bridgehead atoms. The van der Waals surface area contributed by atoms with Crippen LogP contribution in [0.3, 0.4) is 0 Å². The summed E-state index contributed by atoms with van der Waals surface area (Å²) in [5, 5.41) is 0. The van der Waals surface area contributed by atoms with Gasteiger partial charge in [-0.1, -0.05) is 0 Å². The minimum Gasteiger partial charge on any atom is -0.467 e. The number of hydrogen-bond donors (Lipinski definition) is 0. The van der Waals surface area contributed by atoms with Gasteiger partial charge in [-0.3, -0.25) is 4.79 Å². The van der Waals surface area contributed by atoms with Crippen LogP contribution in [0.5, 0.6) is 0 Å². The van der Waals surface area contributed by atoms with E-state index in [2.05, 4.69) is 0 Å². The molecule has 0 N–H and O–H groups in total. The Morgan fingerprint density at radius 3 is 2.04 bits per heavy atom. The summed E-state index contributed by atoms with van der Waals surface area (Å²) >= 11 is 0. The van der Waals surface area contributed by atoms with Crippen LogP contribution in [-0.4, -0.2) is 59.5 Å². The number of esters is 1. The first-order chi connectivity index (χ1) is 11.7. The Kier molecular flexibility index (Phi) is 6.06. The standard InChI is InChI=1S/C17H25NO8/c1-15(2,3)25-13(21)18-11(19)8-9-17(18,12(20)23-7)10-24-14(22)26-16(4,5)6/h8-9H,10H2,1-7H3/t17-/m0/s1. The minimum atomic E-state index is -1.97. The maximum absolute atomic E-state index is 12.4. The van der Waals surface area contributed by atoms with Gasteiger partial charge in [-0.2, -0.15) is 0 Å². The van der Waals surface area contributed by atoms with Crippen LogP contribution in [0.1, 0.15) is 41.5 Å². The second kappa shape index (κ2) is 7.35. The van der Waals surface area contributed by atoms with Crippen molar-refractivity contribution in [2.24, 2.45) is 0 Å². The van der Waals surface area contributed by atoms with Crippen molar-refractivity contribution >= 4 is 24.1 Å². The number of carbonyl (C=O) groups excluding carboxylic acids is 4. The summed E-state index contributed by atoms with van der Waals surface area (Å²) in [5.74, 6) is -1.76. The topological polar surface area (TPSA) is 108 Å². The predicted octanol–water partition coefficient (Wildman–Crippen LogP) is 2.18. The van der Waals surface area contributed by atoms with Crippen LogP contribution in [0.4, 0.5) is 9.59 Å². The number of methoxy groups -OCH3 is 1. The third-order valence-corrected chi connectivity index (χ3v) is 3.04. The molecule has 0 aromatic heterocycles. The van der Waals surface area contributed by atoms with Gasteiger partial charge in [-0.15, -0.1) is 0 Å². The fraction of sp³-hybridized carbons (Fsp3) is 0.647. The Hall–Kier alpha value is -2.58. The molecule has 1 heterocycles. The summed E-state index contributed by atoms with van der Waals surface area (Å²) in [7, 11) is 1.08. The summed E-state index contributed by atoms with van der Waals surface area (Å²) in [6, 6.07) is 0. The van der Waals surface area contributed by atoms with E-state index in [1.54, 1.807) is 41.5 Å². The molecule has 26 heavy (non-hydrogen) atoms. The van der Waals surface area contributed by atoms with E-state index in [4.69, 9.17) is 18.9 Å². The molecule has 0 fully saturated rings. The summed E-state index contributed by atoms with van der Waals surface area (Å²) in [6.45, 7) is 9.06. The lowest BCUT2D eigenvalue weighted by molar-refractivity contribution is -0.157. The van der Waals surface area contributed by atoms with Crippen molar-refractivity contribution in [3.63, 3.8) is 0 Å². The summed E-state index contributed by atoms with van der Waals surface area (Å²) in [6.07, 6.45) is 0.0257. The van der Waals surface area contributed by atoms with Crippen LogP contribution in [0.25, 0.3) is 0 Å². The first-order valence-corrected chi connectivity index (χ1v) is 7.92. The van der Waals surface area contributed by atoms with E-state index < -0.39 is 47.5 Å². The van der Waals surface area contributed by atoms with Gasteiger partial charge in [0.05, 0.1) is 7.11 Å². The van der Waals surface area contributed by atoms with Crippen LogP contribution >= 0.6 is 0 Å². The van der Waals surface area contributed by atoms with E-state index in [9.17, 15) is 19.2 Å². The molecule has 0 aromatic carbocycles. The van der Waals surface area contributed by atoms with Crippen LogP contribution < -0.4 is 0 Å². The lowest BCUT2D eigenvalue weighted by atomic mass is 10.0. The van der Waals surface area contributed by atoms with Crippen LogP contribution in [0.2, 0.25) is 0 Å². The van der Waals surface area contributed by atoms with Crippen LogP contribution in [0, 0.1) is 0 Å². The molecule has 1 rings (SSSR count). The fourth-order valence-corrected chi connectivity index (χ4v) is 2.07. The molecule has 1 aliphatic heterocycles. The van der Waals surface area contributed by atoms with Crippen molar-refractivity contribution in [2.75, 3.05) is 13.7 Å². The van der Waals surface area contributed by atoms with Crippen molar-refractivity contribution < 1.29 is 38.1 Å². The average Bonchev–Trinajstić information content (AvgIpc) is 2.79. The number of imide groups is 1. The number of hydrogen-bond acceptors (Lipinski definition) is 8. The number of rotatable bonds is 3. The van der Waals surface area contributed by atoms with Gasteiger partial charge in [0.1, 0.15) is 17.8 Å². The fourth-order valence-electron chi connectivity index (χ4n) is 2.07. The molecule has 1 atom stereocenters. The second-order valence-corrected chi connectivity index (χ2v) is 7.66. The van der Waals surface area contributed by atoms with Gasteiger partial charge >= 0.3 is 18.2 Å². The smallest absolute Gasteiger partial charge is 0.467 e. The largest absolute Gasteiger partial charge is 0.508 e. The molecule has 0 spiro atoms. The van der Waals surface area contributed by atoms with Gasteiger partial charge in [-0.25, -0.2) is 19.3 Å². The van der Waals surface area contributed by atoms with Gasteiger partial charge in [0.2, 0.25) is 5.54 Å². The van der Waals surface area contributed by atoms with Crippen molar-refractivity contribution in [3.05, 3.63) is 12.2 Å². The highest BCUT2D eigenvalue weighted by Crippen LogP contribution is 2.29. The van der Waals surface area contributed by atoms with E-state index in [1.165, 1.54) is 0 Å². The monoisotopic (exact) mass is 371 g/mol. The molecule has 2 amide bonds. The van der Waals surface area contributed by atoms with Crippen LogP contribution in [0.15, 0.2) is 12.2 Å². The first kappa shape index (κ1) is 21.5. The normalized spacial score (nSPS) is 20.0. The van der Waals surface area contributed by atoms with Gasteiger partial charge in [0.25, 0.3) is 5.91 Å². The molecular weight excluding hydrogens is 346 g/mol. The molecule has 146 valence electrons. The Morgan fingerprint density at radius 2 is 1.58 bits per heavy atom. The molecule has 0 saturated carbocycles. The predicted molar refractivity (Wildman–Crippen MR) is 89.2 cm³/mol. The maximum Gasteiger partial charge on any atom is 0.508 e. The van der Waals surface area contributed by atoms with Gasteiger partial charge in [0.15, 0.2) is 0 Å². The zero-order valence-corrected chi connectivity index (χ0v) is 16.1. The number of nitrogens with zero attached hydrogens (tertiary/aromatic N) is 1. The zero-order valence-electron chi connectivity index (χ0n) is 16.1. The van der Waals surface area contributed by atoms with Gasteiger partial charge in [0, 0.05) is 6.08 Å². The lowest BCUT2D eigenvalue weighted by Gasteiger charge is -2.34. The van der Waals surface area contributed by atoms with E-state index in [1.807, 2.05) is 0 Å². The molecule has 0 aliphatic carbocycles. The molecule has 1 aliphatic rings. The minimum absolute atomic E-state index is 0.564. The van der Waals surface area contributed by atoms with E-state index in [0.29, 0.717) is 4.90 Å². The van der Waals surface area contributed by atoms with E-state index in [0.717, 1.165) is 19.3 Å². The Balaban J connectivity index is 3.11. The van der Waals surface area contributed by atoms with Crippen molar-refractivity contribution in [2.45, 2.75) is 58.3 Å². The highest BCUT2D eigenvalue weighted by Gasteiger charge is 2.54. The zero-order chi connectivity index (χ0) is 20.3. The maximum atomic E-state index is 12.4. The SMILES string of the molecule is COC(=O)[C@@]1(COC(=O)OC(C)(C)C)C=CC(=O)N1C(=O)OC(C)(C)C. The molecule has 0 radical (unpaired) electrons. The quantitative estimate of drug-likeness (QED) is 0.549. The van der Waals surface area contributed by atoms with Gasteiger partial charge in [-0.05, 0) is 47.6 Å². The molecule has 0 unspecified atom stereocenters. The molecule has 9 nitrogen and oxygen atoms in total. The van der Waals surface area contributed by atoms with Crippen molar-refractivity contribution in [1.82, 2.24) is 4.90 Å². The Labute approximate surface area is 152 Å². The van der Waals surface area contributed by atoms with E-state index >= 15 is 0 Å². The highest BCUT2D eigenvalue weighted by molar-refractivity contribution is 6.08. The third-order valence-electron chi connectivity index (χ3n) is 3.04. The molecular formula is C17H25NO8. The van der Waals surface area contributed by atoms with Crippen molar-refractivity contribution in [3.8, 4) is 0 Å². The van der Waals surface area contributed by atoms with Crippen molar-refractivity contribution in [1.29, 1.82) is 0 Å². The van der Waals surface area contributed by atoms with Crippen LogP contribution in [-0.2, 0) is 28.5 Å². The second-order valence-electron chi connectivity index (χ2n) is 7.66. The molecule has 0 aromatic rings. The van der Waals surface area contributed by atoms with E-state index in [-0.39, 0.29) is 0 Å². The highest BCUT2D eigenvalue weighted by atomic mass is 16.7. The third kappa shape index (κ3) is 5.21.